The third kappa shape index (κ3) is 3.29. The first kappa shape index (κ1) is 13.9. The molecule has 0 unspecified atom stereocenters. The molecule has 0 fully saturated rings. The maximum Gasteiger partial charge on any atom is 0.323 e. The molecular weight excluding hydrogens is 252 g/mol. The first-order chi connectivity index (χ1) is 9.45. The van der Waals surface area contributed by atoms with Gasteiger partial charge in [-0.3, -0.25) is 0 Å². The predicted octanol–water partition coefficient (Wildman–Crippen LogP) is 3.96. The van der Waals surface area contributed by atoms with Crippen molar-refractivity contribution in [1.82, 2.24) is 0 Å². The van der Waals surface area contributed by atoms with Gasteiger partial charge < -0.3 is 15.7 Å². The third-order valence-corrected chi connectivity index (χ3v) is 3.07. The largest absolute Gasteiger partial charge is 0.508 e. The molecule has 0 aliphatic carbocycles. The Balaban J connectivity index is 2.10. The second-order valence-electron chi connectivity index (χ2n) is 4.90. The fraction of sp³-hybridized carbons (Fsp3) is 0.188. The van der Waals surface area contributed by atoms with Crippen molar-refractivity contribution in [3.63, 3.8) is 0 Å². The normalized spacial score (nSPS) is 10.2. The fourth-order valence-corrected chi connectivity index (χ4v) is 2.05. The van der Waals surface area contributed by atoms with Gasteiger partial charge in [-0.1, -0.05) is 17.7 Å². The van der Waals surface area contributed by atoms with E-state index in [9.17, 15) is 9.90 Å². The van der Waals surface area contributed by atoms with Crippen LogP contribution < -0.4 is 10.6 Å². The van der Waals surface area contributed by atoms with Crippen molar-refractivity contribution in [2.24, 2.45) is 0 Å². The summed E-state index contributed by atoms with van der Waals surface area (Å²) in [5.74, 6) is 0.199. The van der Waals surface area contributed by atoms with Crippen molar-refractivity contribution in [3.8, 4) is 5.75 Å². The molecule has 0 bridgehead atoms. The monoisotopic (exact) mass is 270 g/mol. The zero-order valence-electron chi connectivity index (χ0n) is 11.8. The van der Waals surface area contributed by atoms with E-state index < -0.39 is 0 Å². The van der Waals surface area contributed by atoms with Gasteiger partial charge in [0.05, 0.1) is 0 Å². The second-order valence-corrected chi connectivity index (χ2v) is 4.90. The van der Waals surface area contributed by atoms with Gasteiger partial charge in [0.1, 0.15) is 5.75 Å². The Kier molecular flexibility index (Phi) is 3.94. The van der Waals surface area contributed by atoms with Crippen molar-refractivity contribution >= 4 is 17.4 Å². The Labute approximate surface area is 118 Å². The number of aromatic hydroxyl groups is 1. The van der Waals surface area contributed by atoms with Crippen LogP contribution in [0, 0.1) is 20.8 Å². The van der Waals surface area contributed by atoms with Gasteiger partial charge in [-0.2, -0.15) is 0 Å². The number of phenolic OH excluding ortho intramolecular Hbond substituents is 1. The Bertz CT molecular complexity index is 610. The highest BCUT2D eigenvalue weighted by atomic mass is 16.3. The van der Waals surface area contributed by atoms with Crippen molar-refractivity contribution < 1.29 is 9.90 Å². The van der Waals surface area contributed by atoms with Crippen molar-refractivity contribution in [2.75, 3.05) is 10.6 Å². The second kappa shape index (κ2) is 5.65. The SMILES string of the molecule is Cc1ccc(NC(=O)Nc2c(C)cc(O)cc2C)cc1. The molecule has 0 saturated heterocycles. The zero-order chi connectivity index (χ0) is 14.7. The molecule has 0 radical (unpaired) electrons. The molecule has 2 amide bonds. The number of hydrogen-bond donors (Lipinski definition) is 3. The van der Waals surface area contributed by atoms with Gasteiger partial charge in [-0.25, -0.2) is 4.79 Å². The Morgan fingerprint density at radius 2 is 1.50 bits per heavy atom. The van der Waals surface area contributed by atoms with Crippen LogP contribution >= 0.6 is 0 Å². The lowest BCUT2D eigenvalue weighted by Gasteiger charge is -2.13. The van der Waals surface area contributed by atoms with Crippen LogP contribution in [0.15, 0.2) is 36.4 Å². The number of urea groups is 1. The van der Waals surface area contributed by atoms with Gasteiger partial charge in [0.25, 0.3) is 0 Å². The van der Waals surface area contributed by atoms with Crippen LogP contribution in [0.4, 0.5) is 16.2 Å². The average Bonchev–Trinajstić information content (AvgIpc) is 2.36. The summed E-state index contributed by atoms with van der Waals surface area (Å²) in [5.41, 5.74) is 4.24. The van der Waals surface area contributed by atoms with Gasteiger partial charge in [0.2, 0.25) is 0 Å². The van der Waals surface area contributed by atoms with Crippen LogP contribution in [0.5, 0.6) is 5.75 Å². The summed E-state index contributed by atoms with van der Waals surface area (Å²) in [6.07, 6.45) is 0. The van der Waals surface area contributed by atoms with Crippen molar-refractivity contribution in [1.29, 1.82) is 0 Å². The fourth-order valence-electron chi connectivity index (χ4n) is 2.05. The van der Waals surface area contributed by atoms with Crippen LogP contribution in [0.25, 0.3) is 0 Å². The Morgan fingerprint density at radius 3 is 2.05 bits per heavy atom. The molecule has 0 aliphatic rings. The van der Waals surface area contributed by atoms with Crippen LogP contribution in [0.3, 0.4) is 0 Å². The summed E-state index contributed by atoms with van der Waals surface area (Å²) in [6, 6.07) is 10.5. The maximum atomic E-state index is 12.0. The first-order valence-corrected chi connectivity index (χ1v) is 6.40. The smallest absolute Gasteiger partial charge is 0.323 e. The van der Waals surface area contributed by atoms with Gasteiger partial charge in [0, 0.05) is 11.4 Å². The molecule has 0 heterocycles. The van der Waals surface area contributed by atoms with Crippen LogP contribution in [-0.2, 0) is 0 Å². The lowest BCUT2D eigenvalue weighted by molar-refractivity contribution is 0.262. The topological polar surface area (TPSA) is 61.4 Å². The molecule has 2 aromatic rings. The number of anilines is 2. The van der Waals surface area contributed by atoms with Crippen molar-refractivity contribution in [2.45, 2.75) is 20.8 Å². The van der Waals surface area contributed by atoms with Gasteiger partial charge >= 0.3 is 6.03 Å². The molecule has 2 aromatic carbocycles. The molecule has 3 N–H and O–H groups in total. The number of carbonyl (C=O) groups excluding carboxylic acids is 1. The molecule has 4 heteroatoms. The van der Waals surface area contributed by atoms with E-state index in [1.165, 1.54) is 0 Å². The minimum absolute atomic E-state index is 0.199. The highest BCUT2D eigenvalue weighted by Crippen LogP contribution is 2.25. The molecule has 2 rings (SSSR count). The van der Waals surface area contributed by atoms with E-state index in [0.29, 0.717) is 5.69 Å². The van der Waals surface area contributed by atoms with Crippen LogP contribution in [-0.4, -0.2) is 11.1 Å². The minimum Gasteiger partial charge on any atom is -0.508 e. The van der Waals surface area contributed by atoms with Crippen LogP contribution in [0.1, 0.15) is 16.7 Å². The Hall–Kier alpha value is -2.49. The minimum atomic E-state index is -0.300. The van der Waals surface area contributed by atoms with Gasteiger partial charge in [-0.05, 0) is 56.2 Å². The summed E-state index contributed by atoms with van der Waals surface area (Å²) in [4.78, 5) is 12.0. The van der Waals surface area contributed by atoms with E-state index in [0.717, 1.165) is 22.4 Å². The molecule has 0 atom stereocenters. The Morgan fingerprint density at radius 1 is 0.950 bits per heavy atom. The standard InChI is InChI=1S/C16H18N2O2/c1-10-4-6-13(7-5-10)17-16(20)18-15-11(2)8-14(19)9-12(15)3/h4-9,19H,1-3H3,(H2,17,18,20). The lowest BCUT2D eigenvalue weighted by Crippen LogP contribution is -2.20. The number of aryl methyl sites for hydroxylation is 3. The summed E-state index contributed by atoms with van der Waals surface area (Å²) in [5, 5.41) is 15.1. The molecule has 0 saturated carbocycles. The van der Waals surface area contributed by atoms with E-state index in [1.807, 2.05) is 45.0 Å². The number of amides is 2. The molecule has 4 nitrogen and oxygen atoms in total. The van der Waals surface area contributed by atoms with E-state index in [-0.39, 0.29) is 11.8 Å². The highest BCUT2D eigenvalue weighted by Gasteiger charge is 2.08. The quantitative estimate of drug-likeness (QED) is 0.723. The summed E-state index contributed by atoms with van der Waals surface area (Å²) >= 11 is 0. The number of phenols is 1. The van der Waals surface area contributed by atoms with Gasteiger partial charge in [-0.15, -0.1) is 0 Å². The average molecular weight is 270 g/mol. The molecule has 0 spiro atoms. The zero-order valence-corrected chi connectivity index (χ0v) is 11.8. The number of benzene rings is 2. The summed E-state index contributed by atoms with van der Waals surface area (Å²) in [7, 11) is 0. The summed E-state index contributed by atoms with van der Waals surface area (Å²) in [6.45, 7) is 5.68. The van der Waals surface area contributed by atoms with E-state index in [2.05, 4.69) is 10.6 Å². The summed E-state index contributed by atoms with van der Waals surface area (Å²) < 4.78 is 0. The molecule has 0 aromatic heterocycles. The number of carbonyl (C=O) groups is 1. The lowest BCUT2D eigenvalue weighted by atomic mass is 10.1. The molecular formula is C16H18N2O2. The van der Waals surface area contributed by atoms with Crippen molar-refractivity contribution in [3.05, 3.63) is 53.1 Å². The highest BCUT2D eigenvalue weighted by molar-refractivity contribution is 6.00. The number of rotatable bonds is 2. The van der Waals surface area contributed by atoms with Gasteiger partial charge in [0.15, 0.2) is 0 Å². The van der Waals surface area contributed by atoms with E-state index in [1.54, 1.807) is 12.1 Å². The molecule has 0 aliphatic heterocycles. The van der Waals surface area contributed by atoms with E-state index in [4.69, 9.17) is 0 Å². The van der Waals surface area contributed by atoms with E-state index >= 15 is 0 Å². The number of hydrogen-bond acceptors (Lipinski definition) is 2. The molecule has 104 valence electrons. The maximum absolute atomic E-state index is 12.0. The molecule has 20 heavy (non-hydrogen) atoms. The first-order valence-electron chi connectivity index (χ1n) is 6.40. The predicted molar refractivity (Wildman–Crippen MR) is 81.4 cm³/mol. The van der Waals surface area contributed by atoms with Crippen LogP contribution in [0.2, 0.25) is 0 Å². The number of nitrogens with one attached hydrogen (secondary N) is 2. The third-order valence-electron chi connectivity index (χ3n) is 3.07.